The summed E-state index contributed by atoms with van der Waals surface area (Å²) < 4.78 is 11.3. The van der Waals surface area contributed by atoms with Gasteiger partial charge in [0.05, 0.1) is 31.4 Å². The first-order valence-corrected chi connectivity index (χ1v) is 8.32. The van der Waals surface area contributed by atoms with Crippen LogP contribution in [0.1, 0.15) is 5.56 Å². The third-order valence-corrected chi connectivity index (χ3v) is 4.13. The molecule has 0 spiro atoms. The van der Waals surface area contributed by atoms with Crippen molar-refractivity contribution >= 4 is 33.3 Å². The van der Waals surface area contributed by atoms with Gasteiger partial charge in [-0.1, -0.05) is 15.9 Å². The average Bonchev–Trinajstić information content (AvgIpc) is 2.61. The van der Waals surface area contributed by atoms with Gasteiger partial charge >= 0.3 is 6.03 Å². The Morgan fingerprint density at radius 2 is 1.85 bits per heavy atom. The second kappa shape index (κ2) is 8.52. The van der Waals surface area contributed by atoms with E-state index in [1.807, 2.05) is 12.1 Å². The molecule has 0 fully saturated rings. The third-order valence-electron chi connectivity index (χ3n) is 3.63. The smallest absolute Gasteiger partial charge is 0.321 e. The summed E-state index contributed by atoms with van der Waals surface area (Å²) in [5.74, 6) is 0.984. The minimum atomic E-state index is -0.537. The molecule has 0 saturated heterocycles. The van der Waals surface area contributed by atoms with Crippen molar-refractivity contribution in [1.29, 1.82) is 0 Å². The lowest BCUT2D eigenvalue weighted by Gasteiger charge is -2.20. The van der Waals surface area contributed by atoms with Gasteiger partial charge in [0.1, 0.15) is 11.5 Å². The second-order valence-corrected chi connectivity index (χ2v) is 6.30. The summed E-state index contributed by atoms with van der Waals surface area (Å²) in [6.45, 7) is 0.283. The standard InChI is InChI=1S/C17H18BrN3O5/c1-20(10-11-8-12(18)4-6-15(11)25-2)17(22)19-14-9-13(21(23)24)5-7-16(14)26-3/h4-9H,10H2,1-3H3,(H,19,22). The van der Waals surface area contributed by atoms with E-state index < -0.39 is 11.0 Å². The monoisotopic (exact) mass is 423 g/mol. The van der Waals surface area contributed by atoms with Crippen LogP contribution in [0.15, 0.2) is 40.9 Å². The van der Waals surface area contributed by atoms with Crippen molar-refractivity contribution in [1.82, 2.24) is 4.90 Å². The molecule has 26 heavy (non-hydrogen) atoms. The van der Waals surface area contributed by atoms with Crippen molar-refractivity contribution in [3.8, 4) is 11.5 Å². The number of hydrogen-bond donors (Lipinski definition) is 1. The van der Waals surface area contributed by atoms with Gasteiger partial charge in [-0.25, -0.2) is 4.79 Å². The Bertz CT molecular complexity index is 828. The molecule has 2 aromatic rings. The van der Waals surface area contributed by atoms with Crippen molar-refractivity contribution in [3.63, 3.8) is 0 Å². The van der Waals surface area contributed by atoms with Gasteiger partial charge in [-0.05, 0) is 24.3 Å². The van der Waals surface area contributed by atoms with E-state index in [9.17, 15) is 14.9 Å². The van der Waals surface area contributed by atoms with Crippen molar-refractivity contribution in [3.05, 3.63) is 56.5 Å². The normalized spacial score (nSPS) is 10.2. The van der Waals surface area contributed by atoms with Crippen molar-refractivity contribution in [2.75, 3.05) is 26.6 Å². The maximum absolute atomic E-state index is 12.5. The molecule has 138 valence electrons. The zero-order valence-electron chi connectivity index (χ0n) is 14.5. The molecule has 0 aliphatic carbocycles. The summed E-state index contributed by atoms with van der Waals surface area (Å²) >= 11 is 3.39. The number of carbonyl (C=O) groups is 1. The van der Waals surface area contributed by atoms with Crippen LogP contribution in [0.5, 0.6) is 11.5 Å². The first kappa shape index (κ1) is 19.5. The van der Waals surface area contributed by atoms with Gasteiger partial charge in [0.2, 0.25) is 0 Å². The number of amides is 2. The number of nitrogens with zero attached hydrogens (tertiary/aromatic N) is 2. The number of non-ortho nitro benzene ring substituents is 1. The van der Waals surface area contributed by atoms with Gasteiger partial charge in [0.25, 0.3) is 5.69 Å². The van der Waals surface area contributed by atoms with Crippen molar-refractivity contribution < 1.29 is 19.2 Å². The Morgan fingerprint density at radius 3 is 2.46 bits per heavy atom. The van der Waals surface area contributed by atoms with E-state index in [-0.39, 0.29) is 17.9 Å². The Hall–Kier alpha value is -2.81. The number of rotatable bonds is 6. The number of methoxy groups -OCH3 is 2. The molecule has 0 bridgehead atoms. The molecule has 0 heterocycles. The molecule has 2 rings (SSSR count). The Kier molecular flexibility index (Phi) is 6.40. The van der Waals surface area contributed by atoms with Gasteiger partial charge in [0, 0.05) is 29.2 Å². The van der Waals surface area contributed by atoms with Crippen LogP contribution in [0.25, 0.3) is 0 Å². The summed E-state index contributed by atoms with van der Waals surface area (Å²) in [7, 11) is 4.59. The van der Waals surface area contributed by atoms with Crippen molar-refractivity contribution in [2.45, 2.75) is 6.54 Å². The summed E-state index contributed by atoms with van der Waals surface area (Å²) in [5.41, 5.74) is 0.891. The summed E-state index contributed by atoms with van der Waals surface area (Å²) in [6.07, 6.45) is 0. The molecule has 9 heteroatoms. The number of nitrogens with one attached hydrogen (secondary N) is 1. The highest BCUT2D eigenvalue weighted by Gasteiger charge is 2.17. The number of benzene rings is 2. The highest BCUT2D eigenvalue weighted by atomic mass is 79.9. The van der Waals surface area contributed by atoms with Crippen LogP contribution in [0.2, 0.25) is 0 Å². The SMILES string of the molecule is COc1ccc(Br)cc1CN(C)C(=O)Nc1cc([N+](=O)[O-])ccc1OC. The van der Waals surface area contributed by atoms with Gasteiger partial charge in [-0.3, -0.25) is 10.1 Å². The van der Waals surface area contributed by atoms with Crippen LogP contribution in [0.4, 0.5) is 16.2 Å². The van der Waals surface area contributed by atoms with Gasteiger partial charge < -0.3 is 19.7 Å². The van der Waals surface area contributed by atoms with Crippen molar-refractivity contribution in [2.24, 2.45) is 0 Å². The Balaban J connectivity index is 2.18. The highest BCUT2D eigenvalue weighted by molar-refractivity contribution is 9.10. The first-order chi connectivity index (χ1) is 12.3. The fourth-order valence-corrected chi connectivity index (χ4v) is 2.72. The maximum atomic E-state index is 12.5. The van der Waals surface area contributed by atoms with Crippen LogP contribution >= 0.6 is 15.9 Å². The Labute approximate surface area is 159 Å². The quantitative estimate of drug-likeness (QED) is 0.558. The zero-order chi connectivity index (χ0) is 19.3. The van der Waals surface area contributed by atoms with Crippen LogP contribution in [-0.2, 0) is 6.54 Å². The van der Waals surface area contributed by atoms with Crippen LogP contribution in [0.3, 0.4) is 0 Å². The number of urea groups is 1. The molecule has 0 aliphatic heterocycles. The number of hydrogen-bond acceptors (Lipinski definition) is 5. The molecular formula is C17H18BrN3O5. The minimum Gasteiger partial charge on any atom is -0.496 e. The number of nitro groups is 1. The third kappa shape index (κ3) is 4.63. The van der Waals surface area contributed by atoms with E-state index >= 15 is 0 Å². The van der Waals surface area contributed by atoms with Gasteiger partial charge in [0.15, 0.2) is 0 Å². The molecule has 2 aromatic carbocycles. The minimum absolute atomic E-state index is 0.141. The number of halogens is 1. The molecule has 8 nitrogen and oxygen atoms in total. The molecule has 0 aromatic heterocycles. The van der Waals surface area contributed by atoms with Gasteiger partial charge in [-0.15, -0.1) is 0 Å². The van der Waals surface area contributed by atoms with Crippen LogP contribution < -0.4 is 14.8 Å². The number of anilines is 1. The lowest BCUT2D eigenvalue weighted by Crippen LogP contribution is -2.31. The number of ether oxygens (including phenoxy) is 2. The lowest BCUT2D eigenvalue weighted by molar-refractivity contribution is -0.384. The molecule has 2 amide bonds. The zero-order valence-corrected chi connectivity index (χ0v) is 16.1. The maximum Gasteiger partial charge on any atom is 0.321 e. The molecule has 0 atom stereocenters. The average molecular weight is 424 g/mol. The molecular weight excluding hydrogens is 406 g/mol. The predicted octanol–water partition coefficient (Wildman–Crippen LogP) is 4.04. The largest absolute Gasteiger partial charge is 0.496 e. The van der Waals surface area contributed by atoms with E-state index in [4.69, 9.17) is 9.47 Å². The molecule has 0 aliphatic rings. The first-order valence-electron chi connectivity index (χ1n) is 7.52. The molecule has 0 unspecified atom stereocenters. The van der Waals surface area contributed by atoms with Crippen LogP contribution in [-0.4, -0.2) is 37.1 Å². The molecule has 1 N–H and O–H groups in total. The lowest BCUT2D eigenvalue weighted by atomic mass is 10.2. The van der Waals surface area contributed by atoms with E-state index in [1.165, 1.54) is 30.2 Å². The summed E-state index contributed by atoms with van der Waals surface area (Å²) in [5, 5.41) is 13.6. The van der Waals surface area contributed by atoms with Gasteiger partial charge in [-0.2, -0.15) is 0 Å². The second-order valence-electron chi connectivity index (χ2n) is 5.38. The van der Waals surface area contributed by atoms with E-state index in [2.05, 4.69) is 21.2 Å². The van der Waals surface area contributed by atoms with E-state index in [0.29, 0.717) is 11.5 Å². The molecule has 0 saturated carbocycles. The molecule has 0 radical (unpaired) electrons. The topological polar surface area (TPSA) is 93.9 Å². The van der Waals surface area contributed by atoms with Crippen LogP contribution in [0, 0.1) is 10.1 Å². The summed E-state index contributed by atoms with van der Waals surface area (Å²) in [6, 6.07) is 9.06. The summed E-state index contributed by atoms with van der Waals surface area (Å²) in [4.78, 5) is 24.3. The predicted molar refractivity (Wildman–Crippen MR) is 101 cm³/mol. The highest BCUT2D eigenvalue weighted by Crippen LogP contribution is 2.29. The Morgan fingerprint density at radius 1 is 1.19 bits per heavy atom. The fraction of sp³-hybridized carbons (Fsp3) is 0.235. The fourth-order valence-electron chi connectivity index (χ4n) is 2.32. The van der Waals surface area contributed by atoms with E-state index in [0.717, 1.165) is 10.0 Å². The number of carbonyl (C=O) groups excluding carboxylic acids is 1. The van der Waals surface area contributed by atoms with E-state index in [1.54, 1.807) is 20.2 Å². The number of nitro benzene ring substituents is 1.